The molecule has 1 amide bonds. The van der Waals surface area contributed by atoms with Crippen molar-refractivity contribution in [1.29, 1.82) is 0 Å². The maximum absolute atomic E-state index is 11.7. The third kappa shape index (κ3) is 4.18. The van der Waals surface area contributed by atoms with Crippen LogP contribution in [-0.2, 0) is 11.2 Å². The first kappa shape index (κ1) is 18.7. The van der Waals surface area contributed by atoms with Gasteiger partial charge in [-0.25, -0.2) is 0 Å². The van der Waals surface area contributed by atoms with E-state index in [0.717, 1.165) is 38.6 Å². The van der Waals surface area contributed by atoms with Crippen molar-refractivity contribution in [2.45, 2.75) is 38.3 Å². The highest BCUT2D eigenvalue weighted by Gasteiger charge is 2.39. The molecular weight excluding hydrogens is 326 g/mol. The van der Waals surface area contributed by atoms with Crippen molar-refractivity contribution >= 4 is 11.9 Å². The lowest BCUT2D eigenvalue weighted by Gasteiger charge is -2.43. The van der Waals surface area contributed by atoms with E-state index in [0.29, 0.717) is 12.0 Å². The van der Waals surface area contributed by atoms with Gasteiger partial charge in [0.1, 0.15) is 0 Å². The van der Waals surface area contributed by atoms with Crippen LogP contribution in [0.2, 0.25) is 0 Å². The van der Waals surface area contributed by atoms with E-state index >= 15 is 0 Å². The number of hydrogen-bond acceptors (Lipinski definition) is 3. The third-order valence-electron chi connectivity index (χ3n) is 5.76. The molecule has 3 N–H and O–H groups in total. The van der Waals surface area contributed by atoms with Crippen molar-refractivity contribution in [3.05, 3.63) is 35.9 Å². The molecule has 1 aromatic carbocycles. The number of hydrogen-bond donors (Lipinski definition) is 2. The van der Waals surface area contributed by atoms with Gasteiger partial charge in [0.2, 0.25) is 5.91 Å². The molecule has 6 nitrogen and oxygen atoms in total. The van der Waals surface area contributed by atoms with Crippen LogP contribution in [0.15, 0.2) is 35.3 Å². The van der Waals surface area contributed by atoms with Gasteiger partial charge in [-0.15, -0.1) is 0 Å². The SMILES string of the molecule is CN=C(NC1CC1Cc1ccccc1)N1CCN(C(C)(C)C(N)=O)CC1. The predicted molar refractivity (Wildman–Crippen MR) is 105 cm³/mol. The zero-order chi connectivity index (χ0) is 18.7. The zero-order valence-electron chi connectivity index (χ0n) is 16.1. The number of primary amides is 1. The summed E-state index contributed by atoms with van der Waals surface area (Å²) < 4.78 is 0. The molecule has 2 unspecified atom stereocenters. The standard InChI is InChI=1S/C20H31N5O/c1-20(2,18(21)26)25-11-9-24(10-12-25)19(22-3)23-17-14-16(17)13-15-7-5-4-6-8-15/h4-8,16-17H,9-14H2,1-3H3,(H2,21,26)(H,22,23). The molecule has 1 saturated carbocycles. The quantitative estimate of drug-likeness (QED) is 0.611. The van der Waals surface area contributed by atoms with Crippen molar-refractivity contribution in [2.24, 2.45) is 16.6 Å². The Bertz CT molecular complexity index is 649. The van der Waals surface area contributed by atoms with Crippen molar-refractivity contribution < 1.29 is 4.79 Å². The van der Waals surface area contributed by atoms with Crippen LogP contribution in [-0.4, -0.2) is 66.5 Å². The normalized spacial score (nSPS) is 24.4. The second kappa shape index (κ2) is 7.66. The molecule has 1 aliphatic carbocycles. The van der Waals surface area contributed by atoms with Gasteiger partial charge in [0.05, 0.1) is 5.54 Å². The van der Waals surface area contributed by atoms with Gasteiger partial charge in [0.25, 0.3) is 0 Å². The van der Waals surface area contributed by atoms with Crippen molar-refractivity contribution in [3.8, 4) is 0 Å². The fourth-order valence-corrected chi connectivity index (χ4v) is 3.66. The minimum Gasteiger partial charge on any atom is -0.368 e. The Morgan fingerprint density at radius 3 is 2.46 bits per heavy atom. The number of nitrogens with two attached hydrogens (primary N) is 1. The fourth-order valence-electron chi connectivity index (χ4n) is 3.66. The molecule has 0 bridgehead atoms. The maximum atomic E-state index is 11.7. The Hall–Kier alpha value is -2.08. The molecular formula is C20H31N5O. The molecule has 1 saturated heterocycles. The average Bonchev–Trinajstić information content (AvgIpc) is 3.38. The molecule has 6 heteroatoms. The molecule has 2 fully saturated rings. The van der Waals surface area contributed by atoms with Crippen molar-refractivity contribution in [3.63, 3.8) is 0 Å². The van der Waals surface area contributed by atoms with Gasteiger partial charge < -0.3 is 16.0 Å². The van der Waals surface area contributed by atoms with Crippen LogP contribution in [0, 0.1) is 5.92 Å². The van der Waals surface area contributed by atoms with E-state index in [1.165, 1.54) is 12.0 Å². The van der Waals surface area contributed by atoms with Gasteiger partial charge in [0, 0.05) is 39.3 Å². The highest BCUT2D eigenvalue weighted by Crippen LogP contribution is 2.34. The first-order chi connectivity index (χ1) is 12.4. The molecule has 2 atom stereocenters. The van der Waals surface area contributed by atoms with E-state index in [2.05, 4.69) is 50.4 Å². The first-order valence-corrected chi connectivity index (χ1v) is 9.49. The molecule has 142 valence electrons. The maximum Gasteiger partial charge on any atom is 0.237 e. The molecule has 0 radical (unpaired) electrons. The number of carbonyl (C=O) groups excluding carboxylic acids is 1. The number of nitrogens with zero attached hydrogens (tertiary/aromatic N) is 3. The van der Waals surface area contributed by atoms with Crippen LogP contribution in [0.4, 0.5) is 0 Å². The fraction of sp³-hybridized carbons (Fsp3) is 0.600. The Balaban J connectivity index is 1.48. The minimum atomic E-state index is -0.597. The van der Waals surface area contributed by atoms with Gasteiger partial charge in [-0.05, 0) is 38.2 Å². The molecule has 2 aliphatic rings. The number of guanidine groups is 1. The Kier molecular flexibility index (Phi) is 5.51. The van der Waals surface area contributed by atoms with Crippen LogP contribution >= 0.6 is 0 Å². The second-order valence-corrected chi connectivity index (χ2v) is 7.88. The largest absolute Gasteiger partial charge is 0.368 e. The molecule has 1 aliphatic heterocycles. The lowest BCUT2D eigenvalue weighted by molar-refractivity contribution is -0.129. The summed E-state index contributed by atoms with van der Waals surface area (Å²) in [6.07, 6.45) is 2.32. The number of piperazine rings is 1. The van der Waals surface area contributed by atoms with E-state index in [4.69, 9.17) is 5.73 Å². The molecule has 0 aromatic heterocycles. The van der Waals surface area contributed by atoms with Gasteiger partial charge in [-0.3, -0.25) is 14.7 Å². The highest BCUT2D eigenvalue weighted by atomic mass is 16.1. The smallest absolute Gasteiger partial charge is 0.237 e. The van der Waals surface area contributed by atoms with Crippen molar-refractivity contribution in [2.75, 3.05) is 33.2 Å². The highest BCUT2D eigenvalue weighted by molar-refractivity contribution is 5.84. The molecule has 1 heterocycles. The van der Waals surface area contributed by atoms with Crippen LogP contribution in [0.3, 0.4) is 0 Å². The Morgan fingerprint density at radius 1 is 1.23 bits per heavy atom. The summed E-state index contributed by atoms with van der Waals surface area (Å²) in [5.74, 6) is 1.39. The lowest BCUT2D eigenvalue weighted by Crippen LogP contribution is -2.61. The van der Waals surface area contributed by atoms with Gasteiger partial charge >= 0.3 is 0 Å². The van der Waals surface area contributed by atoms with Crippen LogP contribution in [0.5, 0.6) is 0 Å². The van der Waals surface area contributed by atoms with Crippen LogP contribution in [0.1, 0.15) is 25.8 Å². The number of amides is 1. The van der Waals surface area contributed by atoms with E-state index in [1.807, 2.05) is 20.9 Å². The third-order valence-corrected chi connectivity index (χ3v) is 5.76. The summed E-state index contributed by atoms with van der Waals surface area (Å²) >= 11 is 0. The Morgan fingerprint density at radius 2 is 1.88 bits per heavy atom. The molecule has 1 aromatic rings. The Labute approximate surface area is 156 Å². The number of benzene rings is 1. The summed E-state index contributed by atoms with van der Waals surface area (Å²) in [4.78, 5) is 20.6. The molecule has 0 spiro atoms. The summed E-state index contributed by atoms with van der Waals surface area (Å²) in [6, 6.07) is 11.2. The minimum absolute atomic E-state index is 0.268. The summed E-state index contributed by atoms with van der Waals surface area (Å²) in [7, 11) is 1.84. The second-order valence-electron chi connectivity index (χ2n) is 7.88. The van der Waals surface area contributed by atoms with E-state index in [9.17, 15) is 4.79 Å². The number of carbonyl (C=O) groups is 1. The van der Waals surface area contributed by atoms with Crippen LogP contribution < -0.4 is 11.1 Å². The summed E-state index contributed by atoms with van der Waals surface area (Å²) in [5, 5.41) is 3.62. The average molecular weight is 358 g/mol. The number of nitrogens with one attached hydrogen (secondary N) is 1. The van der Waals surface area contributed by atoms with Gasteiger partial charge in [-0.1, -0.05) is 30.3 Å². The number of rotatable bonds is 5. The summed E-state index contributed by atoms with van der Waals surface area (Å²) in [6.45, 7) is 7.13. The molecule has 3 rings (SSSR count). The first-order valence-electron chi connectivity index (χ1n) is 9.49. The van der Waals surface area contributed by atoms with E-state index in [1.54, 1.807) is 0 Å². The lowest BCUT2D eigenvalue weighted by atomic mass is 10.0. The van der Waals surface area contributed by atoms with Crippen LogP contribution in [0.25, 0.3) is 0 Å². The van der Waals surface area contributed by atoms with Gasteiger partial charge in [0.15, 0.2) is 5.96 Å². The monoisotopic (exact) mass is 357 g/mol. The van der Waals surface area contributed by atoms with Crippen molar-refractivity contribution in [1.82, 2.24) is 15.1 Å². The topological polar surface area (TPSA) is 74.0 Å². The van der Waals surface area contributed by atoms with E-state index < -0.39 is 5.54 Å². The van der Waals surface area contributed by atoms with E-state index in [-0.39, 0.29) is 5.91 Å². The summed E-state index contributed by atoms with van der Waals surface area (Å²) in [5.41, 5.74) is 6.35. The zero-order valence-corrected chi connectivity index (χ0v) is 16.1. The predicted octanol–water partition coefficient (Wildman–Crippen LogP) is 1.07. The molecule has 26 heavy (non-hydrogen) atoms. The van der Waals surface area contributed by atoms with Gasteiger partial charge in [-0.2, -0.15) is 0 Å². The number of aliphatic imine (C=N–C) groups is 1.